The van der Waals surface area contributed by atoms with Crippen molar-refractivity contribution in [2.45, 2.75) is 0 Å². The molecule has 0 bridgehead atoms. The van der Waals surface area contributed by atoms with Crippen molar-refractivity contribution < 1.29 is 14.3 Å². The van der Waals surface area contributed by atoms with Gasteiger partial charge in [-0.1, -0.05) is 6.07 Å². The van der Waals surface area contributed by atoms with Gasteiger partial charge in [0.15, 0.2) is 0 Å². The maximum atomic E-state index is 13.4. The van der Waals surface area contributed by atoms with Crippen LogP contribution < -0.4 is 5.32 Å². The van der Waals surface area contributed by atoms with E-state index in [4.69, 9.17) is 0 Å². The summed E-state index contributed by atoms with van der Waals surface area (Å²) in [5.74, 6) is -1.63. The molecule has 0 aliphatic carbocycles. The molecule has 2 N–H and O–H groups in total. The molecule has 0 saturated carbocycles. The molecule has 0 spiro atoms. The molecule has 0 aliphatic rings. The number of nitrogens with one attached hydrogen (secondary N) is 1. The largest absolute Gasteiger partial charge is 0.507 e. The number of carbonyl (C=O) groups is 1. The van der Waals surface area contributed by atoms with Gasteiger partial charge in [0.05, 0.1) is 0 Å². The molecule has 2 aromatic rings. The van der Waals surface area contributed by atoms with E-state index in [1.54, 1.807) is 18.3 Å². The molecule has 0 aliphatic heterocycles. The van der Waals surface area contributed by atoms with Crippen LogP contribution in [0.2, 0.25) is 0 Å². The number of benzene rings is 1. The van der Waals surface area contributed by atoms with Crippen molar-refractivity contribution in [1.29, 1.82) is 0 Å². The van der Waals surface area contributed by atoms with Gasteiger partial charge in [0, 0.05) is 9.77 Å². The number of phenolic OH excluding ortho intramolecular Hbond substituents is 1. The number of hydrogen-bond donors (Lipinski definition) is 2. The van der Waals surface area contributed by atoms with Crippen LogP contribution in [0.4, 0.5) is 10.2 Å². The maximum Gasteiger partial charge on any atom is 0.263 e. The summed E-state index contributed by atoms with van der Waals surface area (Å²) < 4.78 is 14.3. The molecular formula is C12H8FIN2O2. The van der Waals surface area contributed by atoms with E-state index in [-0.39, 0.29) is 0 Å². The highest BCUT2D eigenvalue weighted by Gasteiger charge is 2.16. The topological polar surface area (TPSA) is 62.2 Å². The fourth-order valence-electron chi connectivity index (χ4n) is 1.37. The maximum absolute atomic E-state index is 13.4. The lowest BCUT2D eigenvalue weighted by Gasteiger charge is -2.06. The number of pyridine rings is 1. The van der Waals surface area contributed by atoms with Crippen LogP contribution in [0.25, 0.3) is 0 Å². The zero-order chi connectivity index (χ0) is 13.1. The summed E-state index contributed by atoms with van der Waals surface area (Å²) in [5.41, 5.74) is -0.391. The lowest BCUT2D eigenvalue weighted by atomic mass is 10.1. The second kappa shape index (κ2) is 5.30. The molecule has 0 atom stereocenters. The number of halogens is 2. The summed E-state index contributed by atoms with van der Waals surface area (Å²) in [6.45, 7) is 0. The number of amides is 1. The van der Waals surface area contributed by atoms with Gasteiger partial charge >= 0.3 is 0 Å². The first kappa shape index (κ1) is 12.7. The van der Waals surface area contributed by atoms with E-state index in [1.807, 2.05) is 0 Å². The third kappa shape index (κ3) is 2.76. The van der Waals surface area contributed by atoms with E-state index in [2.05, 4.69) is 32.9 Å². The van der Waals surface area contributed by atoms with E-state index < -0.39 is 23.0 Å². The Kier molecular flexibility index (Phi) is 3.75. The first-order valence-electron chi connectivity index (χ1n) is 4.98. The summed E-state index contributed by atoms with van der Waals surface area (Å²) in [6, 6.07) is 7.03. The lowest BCUT2D eigenvalue weighted by Crippen LogP contribution is -2.14. The number of phenols is 1. The van der Waals surface area contributed by atoms with E-state index >= 15 is 0 Å². The van der Waals surface area contributed by atoms with Crippen LogP contribution in [0.15, 0.2) is 36.5 Å². The van der Waals surface area contributed by atoms with E-state index in [0.717, 1.165) is 9.64 Å². The minimum absolute atomic E-state index is 0.295. The van der Waals surface area contributed by atoms with Crippen LogP contribution in [0.3, 0.4) is 0 Å². The molecule has 4 nitrogen and oxygen atoms in total. The Bertz CT molecular complexity index is 567. The molecule has 92 valence electrons. The highest BCUT2D eigenvalue weighted by molar-refractivity contribution is 14.1. The van der Waals surface area contributed by atoms with Crippen LogP contribution >= 0.6 is 22.6 Å². The molecule has 0 unspecified atom stereocenters. The third-order valence-corrected chi connectivity index (χ3v) is 2.83. The first-order chi connectivity index (χ1) is 8.58. The van der Waals surface area contributed by atoms with Gasteiger partial charge in [-0.2, -0.15) is 0 Å². The van der Waals surface area contributed by atoms with Crippen molar-refractivity contribution in [2.24, 2.45) is 0 Å². The van der Waals surface area contributed by atoms with E-state index in [9.17, 15) is 14.3 Å². The second-order valence-corrected chi connectivity index (χ2v) is 4.70. The molecule has 0 radical (unpaired) electrons. The van der Waals surface area contributed by atoms with Gasteiger partial charge in [-0.15, -0.1) is 0 Å². The van der Waals surface area contributed by atoms with Crippen molar-refractivity contribution in [3.8, 4) is 5.75 Å². The molecule has 0 saturated heterocycles. The average Bonchev–Trinajstić information content (AvgIpc) is 2.32. The Labute approximate surface area is 116 Å². The van der Waals surface area contributed by atoms with Crippen molar-refractivity contribution >= 4 is 34.3 Å². The molecule has 2 rings (SSSR count). The summed E-state index contributed by atoms with van der Waals surface area (Å²) in [7, 11) is 0. The van der Waals surface area contributed by atoms with Gasteiger partial charge in [-0.05, 0) is 46.9 Å². The standard InChI is InChI=1S/C12H8FIN2O2/c13-8-2-1-3-9(17)11(8)12(18)16-10-5-4-7(14)6-15-10/h1-6,17H,(H,15,16,18). The molecule has 18 heavy (non-hydrogen) atoms. The van der Waals surface area contributed by atoms with E-state index in [1.165, 1.54) is 12.1 Å². The van der Waals surface area contributed by atoms with Gasteiger partial charge in [-0.25, -0.2) is 9.37 Å². The van der Waals surface area contributed by atoms with Gasteiger partial charge in [0.1, 0.15) is 22.9 Å². The minimum Gasteiger partial charge on any atom is -0.507 e. The fraction of sp³-hybridized carbons (Fsp3) is 0. The first-order valence-corrected chi connectivity index (χ1v) is 6.06. The molecule has 1 heterocycles. The van der Waals surface area contributed by atoms with Crippen molar-refractivity contribution in [1.82, 2.24) is 4.98 Å². The van der Waals surface area contributed by atoms with Gasteiger partial charge in [0.2, 0.25) is 0 Å². The normalized spacial score (nSPS) is 10.1. The Morgan fingerprint density at radius 2 is 2.11 bits per heavy atom. The molecule has 1 amide bonds. The quantitative estimate of drug-likeness (QED) is 0.812. The molecule has 1 aromatic heterocycles. The second-order valence-electron chi connectivity index (χ2n) is 3.45. The van der Waals surface area contributed by atoms with E-state index in [0.29, 0.717) is 5.82 Å². The third-order valence-electron chi connectivity index (χ3n) is 2.19. The minimum atomic E-state index is -0.780. The highest BCUT2D eigenvalue weighted by atomic mass is 127. The van der Waals surface area contributed by atoms with Crippen LogP contribution in [0.5, 0.6) is 5.75 Å². The average molecular weight is 358 g/mol. The molecule has 0 fully saturated rings. The van der Waals surface area contributed by atoms with Crippen molar-refractivity contribution in [2.75, 3.05) is 5.32 Å². The summed E-state index contributed by atoms with van der Waals surface area (Å²) in [4.78, 5) is 15.7. The number of aromatic nitrogens is 1. The number of aromatic hydroxyl groups is 1. The van der Waals surface area contributed by atoms with Crippen LogP contribution in [0.1, 0.15) is 10.4 Å². The predicted octanol–water partition coefficient (Wildman–Crippen LogP) is 2.78. The molecule has 1 aromatic carbocycles. The van der Waals surface area contributed by atoms with Crippen molar-refractivity contribution in [3.63, 3.8) is 0 Å². The Morgan fingerprint density at radius 1 is 1.33 bits per heavy atom. The molecule has 6 heteroatoms. The smallest absolute Gasteiger partial charge is 0.263 e. The predicted molar refractivity (Wildman–Crippen MR) is 73.0 cm³/mol. The van der Waals surface area contributed by atoms with Gasteiger partial charge in [-0.3, -0.25) is 4.79 Å². The summed E-state index contributed by atoms with van der Waals surface area (Å²) >= 11 is 2.08. The van der Waals surface area contributed by atoms with Crippen LogP contribution in [-0.2, 0) is 0 Å². The summed E-state index contributed by atoms with van der Waals surface area (Å²) in [6.07, 6.45) is 1.57. The van der Waals surface area contributed by atoms with Gasteiger partial charge < -0.3 is 10.4 Å². The summed E-state index contributed by atoms with van der Waals surface area (Å²) in [5, 5.41) is 11.9. The van der Waals surface area contributed by atoms with Gasteiger partial charge in [0.25, 0.3) is 5.91 Å². The Hall–Kier alpha value is -1.70. The Balaban J connectivity index is 2.25. The monoisotopic (exact) mass is 358 g/mol. The van der Waals surface area contributed by atoms with Crippen molar-refractivity contribution in [3.05, 3.63) is 51.5 Å². The highest BCUT2D eigenvalue weighted by Crippen LogP contribution is 2.20. The van der Waals surface area contributed by atoms with Crippen LogP contribution in [-0.4, -0.2) is 16.0 Å². The zero-order valence-corrected chi connectivity index (χ0v) is 11.2. The number of nitrogens with zero attached hydrogens (tertiary/aromatic N) is 1. The number of rotatable bonds is 2. The number of hydrogen-bond acceptors (Lipinski definition) is 3. The SMILES string of the molecule is O=C(Nc1ccc(I)cn1)c1c(O)cccc1F. The number of carbonyl (C=O) groups excluding carboxylic acids is 1. The lowest BCUT2D eigenvalue weighted by molar-refractivity contribution is 0.102. The zero-order valence-electron chi connectivity index (χ0n) is 9.02. The molecular weight excluding hydrogens is 350 g/mol. The van der Waals surface area contributed by atoms with Crippen LogP contribution in [0, 0.1) is 9.39 Å². The Morgan fingerprint density at radius 3 is 2.72 bits per heavy atom. The fourth-order valence-corrected chi connectivity index (χ4v) is 1.69. The number of anilines is 1.